The maximum atomic E-state index is 13.7. The van der Waals surface area contributed by atoms with E-state index in [2.05, 4.69) is 0 Å². The van der Waals surface area contributed by atoms with Gasteiger partial charge in [0.05, 0.1) is 16.9 Å². The Balaban J connectivity index is 1.77. The average molecular weight is 547 g/mol. The molecule has 0 fully saturated rings. The molecule has 0 amide bonds. The third-order valence-corrected chi connectivity index (χ3v) is 9.88. The van der Waals surface area contributed by atoms with Crippen LogP contribution in [0.15, 0.2) is 87.9 Å². The van der Waals surface area contributed by atoms with Gasteiger partial charge in [0.15, 0.2) is 17.7 Å². The van der Waals surface area contributed by atoms with Crippen LogP contribution in [0.1, 0.15) is 56.8 Å². The molecule has 2 aromatic rings. The number of carbonyl (C=O) groups excluding carboxylic acids is 3. The summed E-state index contributed by atoms with van der Waals surface area (Å²) in [5.74, 6) is -1.06. The zero-order valence-electron chi connectivity index (χ0n) is 22.7. The molecule has 0 saturated heterocycles. The highest BCUT2D eigenvalue weighted by molar-refractivity contribution is 8.00. The minimum absolute atomic E-state index is 0.181. The van der Waals surface area contributed by atoms with Crippen LogP contribution in [0.4, 0.5) is 0 Å². The van der Waals surface area contributed by atoms with Crippen LogP contribution in [0.25, 0.3) is 0 Å². The third-order valence-electron chi connectivity index (χ3n) is 8.60. The summed E-state index contributed by atoms with van der Waals surface area (Å²) >= 11 is 1.56. The van der Waals surface area contributed by atoms with Gasteiger partial charge < -0.3 is 14.6 Å². The largest absolute Gasteiger partial charge is 0.451 e. The molecule has 0 spiro atoms. The predicted molar refractivity (Wildman–Crippen MR) is 149 cm³/mol. The molecule has 3 aliphatic carbocycles. The molecule has 204 valence electrons. The first-order valence-corrected chi connectivity index (χ1v) is 14.2. The van der Waals surface area contributed by atoms with Gasteiger partial charge in [-0.3, -0.25) is 9.59 Å². The van der Waals surface area contributed by atoms with E-state index in [9.17, 15) is 19.5 Å². The maximum absolute atomic E-state index is 13.7. The van der Waals surface area contributed by atoms with E-state index in [0.29, 0.717) is 24.0 Å². The van der Waals surface area contributed by atoms with Gasteiger partial charge in [0.2, 0.25) is 0 Å². The molecule has 5 rings (SSSR count). The molecule has 0 radical (unpaired) electrons. The number of esters is 1. The van der Waals surface area contributed by atoms with Crippen molar-refractivity contribution >= 4 is 29.3 Å². The second kappa shape index (κ2) is 10.5. The van der Waals surface area contributed by atoms with E-state index in [0.717, 1.165) is 16.0 Å². The van der Waals surface area contributed by atoms with Gasteiger partial charge in [-0.2, -0.15) is 0 Å². The van der Waals surface area contributed by atoms with Gasteiger partial charge in [-0.05, 0) is 60.8 Å². The third kappa shape index (κ3) is 4.60. The molecule has 7 heteroatoms. The van der Waals surface area contributed by atoms with Gasteiger partial charge >= 0.3 is 5.97 Å². The van der Waals surface area contributed by atoms with E-state index in [4.69, 9.17) is 9.47 Å². The molecule has 0 heterocycles. The molecular formula is C32H34O6S. The van der Waals surface area contributed by atoms with Crippen LogP contribution in [0.3, 0.4) is 0 Å². The smallest absolute Gasteiger partial charge is 0.338 e. The topological polar surface area (TPSA) is 89.9 Å². The zero-order chi connectivity index (χ0) is 27.9. The first kappa shape index (κ1) is 27.6. The molecule has 39 heavy (non-hydrogen) atoms. The predicted octanol–water partition coefficient (Wildman–Crippen LogP) is 5.50. The van der Waals surface area contributed by atoms with Gasteiger partial charge in [-0.25, -0.2) is 4.79 Å². The fraction of sp³-hybridized carbons (Fsp3) is 0.406. The van der Waals surface area contributed by atoms with Crippen LogP contribution in [-0.2, 0) is 19.1 Å². The number of carbonyl (C=O) groups is 3. The number of thioether (sulfide) groups is 1. The van der Waals surface area contributed by atoms with E-state index >= 15 is 0 Å². The minimum atomic E-state index is -1.84. The Morgan fingerprint density at radius 1 is 0.974 bits per heavy atom. The van der Waals surface area contributed by atoms with E-state index < -0.39 is 29.2 Å². The first-order valence-electron chi connectivity index (χ1n) is 13.3. The Bertz CT molecular complexity index is 1360. The van der Waals surface area contributed by atoms with Crippen LogP contribution >= 0.6 is 11.8 Å². The molecule has 2 aromatic carbocycles. The van der Waals surface area contributed by atoms with Crippen molar-refractivity contribution in [1.82, 2.24) is 0 Å². The van der Waals surface area contributed by atoms with Crippen LogP contribution < -0.4 is 0 Å². The lowest BCUT2D eigenvalue weighted by atomic mass is 9.55. The second-order valence-corrected chi connectivity index (χ2v) is 12.3. The lowest BCUT2D eigenvalue weighted by Gasteiger charge is -2.55. The second-order valence-electron chi connectivity index (χ2n) is 11.1. The highest BCUT2D eigenvalue weighted by Crippen LogP contribution is 2.57. The lowest BCUT2D eigenvalue weighted by Crippen LogP contribution is -2.64. The van der Waals surface area contributed by atoms with Crippen molar-refractivity contribution in [2.24, 2.45) is 5.41 Å². The SMILES string of the molecule is CO[C@@H]1C2=C(C(=O)CCC2)[C@H](OC(=O)c2ccccc2)[C@]2(O)CC(=O)C(C)=C([C@H]1Sc1ccccc1)C2(C)C. The van der Waals surface area contributed by atoms with Crippen molar-refractivity contribution in [2.45, 2.75) is 74.4 Å². The fourth-order valence-electron chi connectivity index (χ4n) is 6.45. The lowest BCUT2D eigenvalue weighted by molar-refractivity contribution is -0.155. The van der Waals surface area contributed by atoms with Crippen LogP contribution in [0, 0.1) is 5.41 Å². The number of fused-ring (bicyclic) bond motifs is 2. The Morgan fingerprint density at radius 2 is 1.62 bits per heavy atom. The van der Waals surface area contributed by atoms with Gasteiger partial charge in [0.1, 0.15) is 5.60 Å². The molecule has 3 aliphatic rings. The summed E-state index contributed by atoms with van der Waals surface area (Å²) in [6.07, 6.45) is -0.661. The number of rotatable bonds is 5. The normalized spacial score (nSPS) is 28.5. The van der Waals surface area contributed by atoms with Crippen molar-refractivity contribution in [1.29, 1.82) is 0 Å². The maximum Gasteiger partial charge on any atom is 0.338 e. The van der Waals surface area contributed by atoms with Crippen LogP contribution in [0.5, 0.6) is 0 Å². The average Bonchev–Trinajstić information content (AvgIpc) is 2.92. The Hall–Kier alpha value is -3.00. The monoisotopic (exact) mass is 546 g/mol. The summed E-state index contributed by atoms with van der Waals surface area (Å²) in [5, 5.41) is 12.2. The standard InChI is InChI=1S/C32H34O6S/c1-19-24(34)18-32(36)29(38-30(35)20-12-7-5-8-13-20)25-22(16-11-17-23(25)33)27(37-4)28(26(19)31(32,2)3)39-21-14-9-6-10-15-21/h5-10,12-15,27-29,36H,11,16-18H2,1-4H3/t27-,28-,29+,32-/m1/s1. The summed E-state index contributed by atoms with van der Waals surface area (Å²) in [4.78, 5) is 41.7. The van der Waals surface area contributed by atoms with E-state index in [1.807, 2.05) is 44.2 Å². The van der Waals surface area contributed by atoms with Crippen molar-refractivity contribution in [3.63, 3.8) is 0 Å². The highest BCUT2D eigenvalue weighted by Gasteiger charge is 2.63. The van der Waals surface area contributed by atoms with Gasteiger partial charge in [-0.1, -0.05) is 50.2 Å². The number of hydrogen-bond acceptors (Lipinski definition) is 7. The zero-order valence-corrected chi connectivity index (χ0v) is 23.5. The Morgan fingerprint density at radius 3 is 2.26 bits per heavy atom. The number of ether oxygens (including phenoxy) is 2. The summed E-state index contributed by atoms with van der Waals surface area (Å²) in [7, 11) is 1.61. The quantitative estimate of drug-likeness (QED) is 0.496. The van der Waals surface area contributed by atoms with Crippen LogP contribution in [-0.4, -0.2) is 52.8 Å². The van der Waals surface area contributed by atoms with Crippen molar-refractivity contribution in [3.8, 4) is 0 Å². The Kier molecular flexibility index (Phi) is 7.44. The molecule has 0 unspecified atom stereocenters. The highest BCUT2D eigenvalue weighted by atomic mass is 32.2. The van der Waals surface area contributed by atoms with E-state index in [1.54, 1.807) is 56.1 Å². The van der Waals surface area contributed by atoms with Gasteiger partial charge in [0.25, 0.3) is 0 Å². The molecule has 0 saturated carbocycles. The molecule has 4 atom stereocenters. The number of methoxy groups -OCH3 is 1. The van der Waals surface area contributed by atoms with Crippen molar-refractivity contribution < 1.29 is 29.0 Å². The fourth-order valence-corrected chi connectivity index (χ4v) is 8.04. The first-order chi connectivity index (χ1) is 18.6. The number of aliphatic hydroxyl groups is 1. The molecule has 0 aromatic heterocycles. The van der Waals surface area contributed by atoms with Crippen molar-refractivity contribution in [2.75, 3.05) is 7.11 Å². The number of ketones is 2. The van der Waals surface area contributed by atoms with Gasteiger partial charge in [-0.15, -0.1) is 11.8 Å². The summed E-state index contributed by atoms with van der Waals surface area (Å²) in [6.45, 7) is 5.57. The van der Waals surface area contributed by atoms with E-state index in [1.165, 1.54) is 0 Å². The number of Topliss-reactive ketones (excluding diaryl/α,β-unsaturated/α-hetero) is 2. The Labute approximate surface area is 233 Å². The molecule has 6 nitrogen and oxygen atoms in total. The number of allylic oxidation sites excluding steroid dienone is 1. The molecular weight excluding hydrogens is 512 g/mol. The summed E-state index contributed by atoms with van der Waals surface area (Å²) < 4.78 is 12.3. The van der Waals surface area contributed by atoms with Crippen LogP contribution in [0.2, 0.25) is 0 Å². The summed E-state index contributed by atoms with van der Waals surface area (Å²) in [6, 6.07) is 18.4. The number of hydrogen-bond donors (Lipinski definition) is 1. The minimum Gasteiger partial charge on any atom is -0.451 e. The van der Waals surface area contributed by atoms with Crippen molar-refractivity contribution in [3.05, 3.63) is 88.5 Å². The molecule has 0 aliphatic heterocycles. The summed E-state index contributed by atoms with van der Waals surface area (Å²) in [5.41, 5.74) is -0.218. The molecule has 1 N–H and O–H groups in total. The number of benzene rings is 2. The van der Waals surface area contributed by atoms with E-state index in [-0.39, 0.29) is 35.2 Å². The molecule has 2 bridgehead atoms. The van der Waals surface area contributed by atoms with Gasteiger partial charge in [0, 0.05) is 35.8 Å².